The summed E-state index contributed by atoms with van der Waals surface area (Å²) in [7, 11) is 1.69. The Hall–Kier alpha value is -0.610. The molecular weight excluding hydrogens is 204 g/mol. The molecule has 0 aromatic carbocycles. The van der Waals surface area contributed by atoms with E-state index in [4.69, 9.17) is 4.74 Å². The standard InChI is InChI=1S/C12H22N2O2/c1-16-9-8-14(10-5-6-10)12(15)11-4-2-3-7-13-11/h10-11,13H,2-9H2,1H3/t11-/m1/s1. The van der Waals surface area contributed by atoms with Gasteiger partial charge in [0.05, 0.1) is 12.6 Å². The molecule has 2 rings (SSSR count). The van der Waals surface area contributed by atoms with Crippen molar-refractivity contribution in [2.45, 2.75) is 44.2 Å². The first kappa shape index (κ1) is 11.9. The van der Waals surface area contributed by atoms with Crippen LogP contribution in [0.3, 0.4) is 0 Å². The van der Waals surface area contributed by atoms with Crippen LogP contribution < -0.4 is 5.32 Å². The summed E-state index contributed by atoms with van der Waals surface area (Å²) in [5.74, 6) is 0.291. The van der Waals surface area contributed by atoms with Crippen molar-refractivity contribution in [3.63, 3.8) is 0 Å². The number of ether oxygens (including phenoxy) is 1. The first-order valence-electron chi connectivity index (χ1n) is 6.35. The van der Waals surface area contributed by atoms with Gasteiger partial charge in [-0.05, 0) is 32.2 Å². The Morgan fingerprint density at radius 1 is 1.38 bits per heavy atom. The van der Waals surface area contributed by atoms with E-state index in [9.17, 15) is 4.79 Å². The zero-order valence-corrected chi connectivity index (χ0v) is 10.1. The van der Waals surface area contributed by atoms with E-state index in [2.05, 4.69) is 5.32 Å². The van der Waals surface area contributed by atoms with E-state index in [0.29, 0.717) is 18.6 Å². The predicted octanol–water partition coefficient (Wildman–Crippen LogP) is 0.766. The molecule has 92 valence electrons. The van der Waals surface area contributed by atoms with E-state index in [0.717, 1.165) is 19.5 Å². The maximum absolute atomic E-state index is 12.3. The maximum Gasteiger partial charge on any atom is 0.240 e. The van der Waals surface area contributed by atoms with Gasteiger partial charge in [0.2, 0.25) is 5.91 Å². The Bertz CT molecular complexity index is 235. The summed E-state index contributed by atoms with van der Waals surface area (Å²) < 4.78 is 5.07. The van der Waals surface area contributed by atoms with Crippen molar-refractivity contribution in [1.29, 1.82) is 0 Å². The summed E-state index contributed by atoms with van der Waals surface area (Å²) in [4.78, 5) is 14.3. The molecule has 4 nitrogen and oxygen atoms in total. The van der Waals surface area contributed by atoms with Gasteiger partial charge >= 0.3 is 0 Å². The topological polar surface area (TPSA) is 41.6 Å². The Kier molecular flexibility index (Phi) is 4.18. The summed E-state index contributed by atoms with van der Waals surface area (Å²) in [6.07, 6.45) is 5.71. The number of amides is 1. The van der Waals surface area contributed by atoms with Crippen LogP contribution in [0.15, 0.2) is 0 Å². The van der Waals surface area contributed by atoms with Gasteiger partial charge in [-0.25, -0.2) is 0 Å². The molecule has 1 saturated heterocycles. The summed E-state index contributed by atoms with van der Waals surface area (Å²) in [5.41, 5.74) is 0. The number of methoxy groups -OCH3 is 1. The normalized spacial score (nSPS) is 25.4. The van der Waals surface area contributed by atoms with Gasteiger partial charge in [0, 0.05) is 19.7 Å². The van der Waals surface area contributed by atoms with Crippen molar-refractivity contribution in [1.82, 2.24) is 10.2 Å². The molecule has 1 aliphatic heterocycles. The average Bonchev–Trinajstić information content (AvgIpc) is 3.15. The molecule has 1 saturated carbocycles. The summed E-state index contributed by atoms with van der Waals surface area (Å²) >= 11 is 0. The van der Waals surface area contributed by atoms with Crippen LogP contribution in [0.25, 0.3) is 0 Å². The highest BCUT2D eigenvalue weighted by Gasteiger charge is 2.35. The highest BCUT2D eigenvalue weighted by atomic mass is 16.5. The summed E-state index contributed by atoms with van der Waals surface area (Å²) in [5, 5.41) is 3.33. The van der Waals surface area contributed by atoms with Gasteiger partial charge in [0.15, 0.2) is 0 Å². The Morgan fingerprint density at radius 3 is 2.75 bits per heavy atom. The fraction of sp³-hybridized carbons (Fsp3) is 0.917. The van der Waals surface area contributed by atoms with Crippen molar-refractivity contribution in [3.8, 4) is 0 Å². The van der Waals surface area contributed by atoms with E-state index in [1.54, 1.807) is 7.11 Å². The first-order valence-corrected chi connectivity index (χ1v) is 6.35. The monoisotopic (exact) mass is 226 g/mol. The lowest BCUT2D eigenvalue weighted by atomic mass is 10.0. The zero-order valence-electron chi connectivity index (χ0n) is 10.1. The number of rotatable bonds is 5. The van der Waals surface area contributed by atoms with Gasteiger partial charge in [0.25, 0.3) is 0 Å². The molecule has 1 N–H and O–H groups in total. The van der Waals surface area contributed by atoms with Crippen molar-refractivity contribution in [2.24, 2.45) is 0 Å². The van der Waals surface area contributed by atoms with Gasteiger partial charge in [0.1, 0.15) is 0 Å². The third-order valence-electron chi connectivity index (χ3n) is 3.42. The van der Waals surface area contributed by atoms with E-state index in [1.165, 1.54) is 25.7 Å². The maximum atomic E-state index is 12.3. The average molecular weight is 226 g/mol. The van der Waals surface area contributed by atoms with E-state index in [1.807, 2.05) is 4.90 Å². The highest BCUT2D eigenvalue weighted by Crippen LogP contribution is 2.27. The molecule has 2 fully saturated rings. The minimum absolute atomic E-state index is 0.0613. The van der Waals surface area contributed by atoms with Gasteiger partial charge < -0.3 is 15.0 Å². The zero-order chi connectivity index (χ0) is 11.4. The number of carbonyl (C=O) groups is 1. The third kappa shape index (κ3) is 2.95. The van der Waals surface area contributed by atoms with Crippen LogP contribution in [-0.4, -0.2) is 49.7 Å². The van der Waals surface area contributed by atoms with Crippen LogP contribution in [0.2, 0.25) is 0 Å². The lowest BCUT2D eigenvalue weighted by Gasteiger charge is -2.30. The molecule has 1 aliphatic carbocycles. The largest absolute Gasteiger partial charge is 0.383 e. The number of piperidine rings is 1. The molecule has 1 heterocycles. The molecule has 1 atom stereocenters. The van der Waals surface area contributed by atoms with Crippen LogP contribution in [0.4, 0.5) is 0 Å². The molecule has 16 heavy (non-hydrogen) atoms. The lowest BCUT2D eigenvalue weighted by molar-refractivity contribution is -0.135. The number of carbonyl (C=O) groups excluding carboxylic acids is 1. The second-order valence-corrected chi connectivity index (χ2v) is 4.76. The minimum atomic E-state index is 0.0613. The van der Waals surface area contributed by atoms with E-state index < -0.39 is 0 Å². The number of nitrogens with zero attached hydrogens (tertiary/aromatic N) is 1. The molecule has 1 amide bonds. The molecule has 0 aromatic rings. The second kappa shape index (κ2) is 5.64. The molecule has 4 heteroatoms. The molecule has 0 bridgehead atoms. The predicted molar refractivity (Wildman–Crippen MR) is 62.3 cm³/mol. The Balaban J connectivity index is 1.87. The number of hydrogen-bond acceptors (Lipinski definition) is 3. The fourth-order valence-electron chi connectivity index (χ4n) is 2.31. The Morgan fingerprint density at radius 2 is 2.19 bits per heavy atom. The third-order valence-corrected chi connectivity index (χ3v) is 3.42. The van der Waals surface area contributed by atoms with Crippen molar-refractivity contribution in [3.05, 3.63) is 0 Å². The van der Waals surface area contributed by atoms with Crippen LogP contribution >= 0.6 is 0 Å². The van der Waals surface area contributed by atoms with Crippen molar-refractivity contribution >= 4 is 5.91 Å². The van der Waals surface area contributed by atoms with Crippen LogP contribution in [-0.2, 0) is 9.53 Å². The fourth-order valence-corrected chi connectivity index (χ4v) is 2.31. The smallest absolute Gasteiger partial charge is 0.240 e. The first-order chi connectivity index (χ1) is 7.83. The molecular formula is C12H22N2O2. The van der Waals surface area contributed by atoms with E-state index >= 15 is 0 Å². The van der Waals surface area contributed by atoms with Crippen molar-refractivity contribution < 1.29 is 9.53 Å². The molecule has 2 aliphatic rings. The van der Waals surface area contributed by atoms with Crippen LogP contribution in [0.1, 0.15) is 32.1 Å². The van der Waals surface area contributed by atoms with Gasteiger partial charge in [-0.3, -0.25) is 4.79 Å². The van der Waals surface area contributed by atoms with Gasteiger partial charge in [-0.15, -0.1) is 0 Å². The molecule has 0 unspecified atom stereocenters. The summed E-state index contributed by atoms with van der Waals surface area (Å²) in [6.45, 7) is 2.38. The SMILES string of the molecule is COCCN(C(=O)[C@H]1CCCCN1)C1CC1. The molecule has 0 spiro atoms. The van der Waals surface area contributed by atoms with Gasteiger partial charge in [-0.1, -0.05) is 6.42 Å². The molecule has 0 radical (unpaired) electrons. The van der Waals surface area contributed by atoms with Crippen molar-refractivity contribution in [2.75, 3.05) is 26.8 Å². The minimum Gasteiger partial charge on any atom is -0.383 e. The Labute approximate surface area is 97.3 Å². The molecule has 0 aromatic heterocycles. The van der Waals surface area contributed by atoms with Crippen LogP contribution in [0, 0.1) is 0 Å². The van der Waals surface area contributed by atoms with Crippen LogP contribution in [0.5, 0.6) is 0 Å². The second-order valence-electron chi connectivity index (χ2n) is 4.76. The lowest BCUT2D eigenvalue weighted by Crippen LogP contribution is -2.50. The number of hydrogen-bond donors (Lipinski definition) is 1. The number of nitrogens with one attached hydrogen (secondary N) is 1. The quantitative estimate of drug-likeness (QED) is 0.752. The summed E-state index contributed by atoms with van der Waals surface area (Å²) in [6, 6.07) is 0.553. The van der Waals surface area contributed by atoms with E-state index in [-0.39, 0.29) is 6.04 Å². The van der Waals surface area contributed by atoms with Gasteiger partial charge in [-0.2, -0.15) is 0 Å². The highest BCUT2D eigenvalue weighted by molar-refractivity contribution is 5.82.